The summed E-state index contributed by atoms with van der Waals surface area (Å²) in [6, 6.07) is 18.7. The molecule has 0 bridgehead atoms. The van der Waals surface area contributed by atoms with E-state index in [1.165, 1.54) is 16.7 Å². The molecule has 0 aromatic heterocycles. The molecule has 0 amide bonds. The maximum Gasteiger partial charge on any atom is 0.133 e. The van der Waals surface area contributed by atoms with Crippen LogP contribution in [0.1, 0.15) is 5.56 Å². The van der Waals surface area contributed by atoms with E-state index in [0.29, 0.717) is 6.61 Å². The second kappa shape index (κ2) is 9.70. The van der Waals surface area contributed by atoms with Crippen LogP contribution in [0.3, 0.4) is 0 Å². The number of piperazine rings is 1. The van der Waals surface area contributed by atoms with E-state index in [-0.39, 0.29) is 6.61 Å². The topological polar surface area (TPSA) is 39.5 Å². The molecule has 1 fully saturated rings. The van der Waals surface area contributed by atoms with Crippen molar-refractivity contribution in [1.82, 2.24) is 9.80 Å². The van der Waals surface area contributed by atoms with E-state index < -0.39 is 0 Å². The summed E-state index contributed by atoms with van der Waals surface area (Å²) in [5, 5.41) is 9.26. The molecule has 4 nitrogen and oxygen atoms in total. The van der Waals surface area contributed by atoms with Crippen molar-refractivity contribution in [3.63, 3.8) is 0 Å². The maximum atomic E-state index is 8.49. The van der Waals surface area contributed by atoms with E-state index >= 15 is 0 Å². The Bertz CT molecular complexity index is 734. The maximum absolute atomic E-state index is 8.49. The number of hydrogen-bond donors (Lipinski definition) is 0. The number of hydrogen-bond acceptors (Lipinski definition) is 4. The average molecular weight is 370 g/mol. The second-order valence-corrected chi connectivity index (χ2v) is 6.93. The van der Waals surface area contributed by atoms with E-state index in [1.807, 2.05) is 18.2 Å². The van der Waals surface area contributed by atoms with Crippen LogP contribution in [-0.4, -0.2) is 55.7 Å². The van der Waals surface area contributed by atoms with Crippen LogP contribution in [0.25, 0.3) is 11.1 Å². The Labute approximate surface area is 160 Å². The molecule has 0 N–H and O–H groups in total. The molecule has 1 heterocycles. The van der Waals surface area contributed by atoms with Gasteiger partial charge < -0.3 is 4.74 Å². The van der Waals surface area contributed by atoms with Gasteiger partial charge in [-0.25, -0.2) is 0 Å². The molecular formula is C21H24ClN3O. The minimum Gasteiger partial charge on any atom is -0.365 e. The van der Waals surface area contributed by atoms with Crippen molar-refractivity contribution >= 4 is 11.6 Å². The van der Waals surface area contributed by atoms with Gasteiger partial charge in [-0.3, -0.25) is 9.80 Å². The third kappa shape index (κ3) is 5.30. The van der Waals surface area contributed by atoms with Gasteiger partial charge in [0, 0.05) is 44.3 Å². The van der Waals surface area contributed by atoms with E-state index in [0.717, 1.165) is 44.3 Å². The zero-order valence-electron chi connectivity index (χ0n) is 14.9. The van der Waals surface area contributed by atoms with Crippen LogP contribution >= 0.6 is 11.6 Å². The van der Waals surface area contributed by atoms with Gasteiger partial charge >= 0.3 is 0 Å². The van der Waals surface area contributed by atoms with Gasteiger partial charge in [0.1, 0.15) is 6.61 Å². The fraction of sp³-hybridized carbons (Fsp3) is 0.381. The third-order valence-corrected chi connectivity index (χ3v) is 5.00. The second-order valence-electron chi connectivity index (χ2n) is 6.49. The Morgan fingerprint density at radius 1 is 0.962 bits per heavy atom. The Hall–Kier alpha value is -1.90. The quantitative estimate of drug-likeness (QED) is 0.698. The van der Waals surface area contributed by atoms with Crippen LogP contribution in [0.5, 0.6) is 0 Å². The van der Waals surface area contributed by atoms with Crippen molar-refractivity contribution in [1.29, 1.82) is 5.26 Å². The minimum absolute atomic E-state index is 0.182. The SMILES string of the molecule is N#CCOCCN1CCN(Cc2ccccc2-c2ccc(Cl)cc2)CC1. The molecule has 0 unspecified atom stereocenters. The third-order valence-electron chi connectivity index (χ3n) is 4.75. The van der Waals surface area contributed by atoms with Gasteiger partial charge in [0.2, 0.25) is 0 Å². The zero-order valence-corrected chi connectivity index (χ0v) is 15.7. The van der Waals surface area contributed by atoms with Gasteiger partial charge in [-0.1, -0.05) is 48.0 Å². The smallest absolute Gasteiger partial charge is 0.133 e. The monoisotopic (exact) mass is 369 g/mol. The molecular weight excluding hydrogens is 346 g/mol. The van der Waals surface area contributed by atoms with Crippen LogP contribution in [-0.2, 0) is 11.3 Å². The molecule has 0 aliphatic carbocycles. The highest BCUT2D eigenvalue weighted by molar-refractivity contribution is 6.30. The van der Waals surface area contributed by atoms with Crippen molar-refractivity contribution in [3.8, 4) is 17.2 Å². The van der Waals surface area contributed by atoms with Gasteiger partial charge in [-0.15, -0.1) is 0 Å². The number of ether oxygens (including phenoxy) is 1. The largest absolute Gasteiger partial charge is 0.365 e. The number of halogens is 1. The first-order valence-electron chi connectivity index (χ1n) is 8.99. The Morgan fingerprint density at radius 2 is 1.65 bits per heavy atom. The molecule has 0 saturated carbocycles. The molecule has 0 atom stereocenters. The van der Waals surface area contributed by atoms with Gasteiger partial charge in [0.05, 0.1) is 12.7 Å². The summed E-state index contributed by atoms with van der Waals surface area (Å²) in [7, 11) is 0. The lowest BCUT2D eigenvalue weighted by atomic mass is 9.99. The summed E-state index contributed by atoms with van der Waals surface area (Å²) in [6.07, 6.45) is 0. The Morgan fingerprint density at radius 3 is 2.38 bits per heavy atom. The van der Waals surface area contributed by atoms with Crippen LogP contribution in [0.4, 0.5) is 0 Å². The predicted molar refractivity (Wildman–Crippen MR) is 105 cm³/mol. The molecule has 3 rings (SSSR count). The van der Waals surface area contributed by atoms with Crippen LogP contribution in [0.2, 0.25) is 5.02 Å². The molecule has 1 aliphatic rings. The van der Waals surface area contributed by atoms with Crippen molar-refractivity contribution in [2.24, 2.45) is 0 Å². The van der Waals surface area contributed by atoms with Crippen molar-refractivity contribution in [2.75, 3.05) is 45.9 Å². The predicted octanol–water partition coefficient (Wildman–Crippen LogP) is 3.66. The highest BCUT2D eigenvalue weighted by Gasteiger charge is 2.17. The summed E-state index contributed by atoms with van der Waals surface area (Å²) in [6.45, 7) is 6.85. The summed E-state index contributed by atoms with van der Waals surface area (Å²) in [5.74, 6) is 0. The molecule has 5 heteroatoms. The average Bonchev–Trinajstić information content (AvgIpc) is 2.68. The summed E-state index contributed by atoms with van der Waals surface area (Å²) < 4.78 is 5.26. The number of nitriles is 1. The Balaban J connectivity index is 1.56. The van der Waals surface area contributed by atoms with Crippen LogP contribution < -0.4 is 0 Å². The van der Waals surface area contributed by atoms with Crippen LogP contribution in [0, 0.1) is 11.3 Å². The number of benzene rings is 2. The van der Waals surface area contributed by atoms with Gasteiger partial charge in [-0.05, 0) is 28.8 Å². The van der Waals surface area contributed by atoms with Gasteiger partial charge in [0.25, 0.3) is 0 Å². The minimum atomic E-state index is 0.182. The van der Waals surface area contributed by atoms with Gasteiger partial charge in [0.15, 0.2) is 0 Å². The van der Waals surface area contributed by atoms with Crippen molar-refractivity contribution < 1.29 is 4.74 Å². The molecule has 0 radical (unpaired) electrons. The van der Waals surface area contributed by atoms with E-state index in [9.17, 15) is 0 Å². The molecule has 26 heavy (non-hydrogen) atoms. The lowest BCUT2D eigenvalue weighted by Gasteiger charge is -2.34. The van der Waals surface area contributed by atoms with E-state index in [2.05, 4.69) is 46.2 Å². The summed E-state index contributed by atoms with van der Waals surface area (Å²) >= 11 is 6.02. The standard InChI is InChI=1S/C21H24ClN3O/c22-20-7-5-18(6-8-20)21-4-2-1-3-19(21)17-25-12-10-24(11-13-25)14-16-26-15-9-23/h1-8H,10-17H2. The molecule has 2 aromatic rings. The molecule has 1 aliphatic heterocycles. The molecule has 1 saturated heterocycles. The first-order chi connectivity index (χ1) is 12.8. The van der Waals surface area contributed by atoms with Crippen molar-refractivity contribution in [3.05, 3.63) is 59.1 Å². The Kier molecular flexibility index (Phi) is 7.04. The highest BCUT2D eigenvalue weighted by Crippen LogP contribution is 2.26. The van der Waals surface area contributed by atoms with Crippen LogP contribution in [0.15, 0.2) is 48.5 Å². The highest BCUT2D eigenvalue weighted by atomic mass is 35.5. The fourth-order valence-corrected chi connectivity index (χ4v) is 3.42. The first-order valence-corrected chi connectivity index (χ1v) is 9.37. The van der Waals surface area contributed by atoms with Crippen molar-refractivity contribution in [2.45, 2.75) is 6.54 Å². The van der Waals surface area contributed by atoms with E-state index in [4.69, 9.17) is 21.6 Å². The number of rotatable bonds is 7. The fourth-order valence-electron chi connectivity index (χ4n) is 3.29. The first kappa shape index (κ1) is 18.9. The molecule has 136 valence electrons. The van der Waals surface area contributed by atoms with E-state index in [1.54, 1.807) is 0 Å². The molecule has 0 spiro atoms. The zero-order chi connectivity index (χ0) is 18.2. The number of nitrogens with zero attached hydrogens (tertiary/aromatic N) is 3. The lowest BCUT2D eigenvalue weighted by molar-refractivity contribution is 0.0849. The normalized spacial score (nSPS) is 15.7. The summed E-state index contributed by atoms with van der Waals surface area (Å²) in [5.41, 5.74) is 3.83. The molecule has 2 aromatic carbocycles. The van der Waals surface area contributed by atoms with Gasteiger partial charge in [-0.2, -0.15) is 5.26 Å². The summed E-state index contributed by atoms with van der Waals surface area (Å²) in [4.78, 5) is 4.90. The lowest BCUT2D eigenvalue weighted by Crippen LogP contribution is -2.46.